The van der Waals surface area contributed by atoms with Crippen LogP contribution in [0.1, 0.15) is 23.6 Å². The molecule has 0 saturated heterocycles. The fraction of sp³-hybridized carbons (Fsp3) is 0.278. The molecule has 0 N–H and O–H groups in total. The highest BCUT2D eigenvalue weighted by Gasteiger charge is 2.32. The SMILES string of the molecule is Cc1cc(OCc2ccccc2C(F)(F)F)cc(OC(C)C=O)c1. The van der Waals surface area contributed by atoms with Crippen LogP contribution >= 0.6 is 0 Å². The first kappa shape index (κ1) is 17.8. The molecule has 0 radical (unpaired) electrons. The predicted molar refractivity (Wildman–Crippen MR) is 83.1 cm³/mol. The van der Waals surface area contributed by atoms with Gasteiger partial charge in [-0.1, -0.05) is 18.2 Å². The fourth-order valence-electron chi connectivity index (χ4n) is 2.19. The normalized spacial score (nSPS) is 12.5. The smallest absolute Gasteiger partial charge is 0.416 e. The van der Waals surface area contributed by atoms with Crippen LogP contribution in [0.3, 0.4) is 0 Å². The second-order valence-corrected chi connectivity index (χ2v) is 5.38. The van der Waals surface area contributed by atoms with Crippen LogP contribution in [0.2, 0.25) is 0 Å². The van der Waals surface area contributed by atoms with E-state index in [1.54, 1.807) is 32.0 Å². The Labute approximate surface area is 138 Å². The van der Waals surface area contributed by atoms with Crippen molar-refractivity contribution in [2.75, 3.05) is 0 Å². The molecule has 1 atom stereocenters. The lowest BCUT2D eigenvalue weighted by Gasteiger charge is -2.15. The summed E-state index contributed by atoms with van der Waals surface area (Å²) in [5, 5.41) is 0. The van der Waals surface area contributed by atoms with E-state index in [2.05, 4.69) is 0 Å². The summed E-state index contributed by atoms with van der Waals surface area (Å²) in [5.41, 5.74) is 0.142. The first-order valence-electron chi connectivity index (χ1n) is 7.31. The zero-order valence-corrected chi connectivity index (χ0v) is 13.3. The monoisotopic (exact) mass is 338 g/mol. The minimum absolute atomic E-state index is 0.0511. The molecule has 0 aliphatic rings. The number of hydrogen-bond acceptors (Lipinski definition) is 3. The number of aldehydes is 1. The Morgan fingerprint density at radius 2 is 1.79 bits per heavy atom. The summed E-state index contributed by atoms with van der Waals surface area (Å²) in [6, 6.07) is 10.2. The first-order chi connectivity index (χ1) is 11.3. The van der Waals surface area contributed by atoms with Crippen molar-refractivity contribution in [3.05, 3.63) is 59.2 Å². The third kappa shape index (κ3) is 4.75. The molecule has 0 saturated carbocycles. The molecular formula is C18H17F3O3. The molecule has 6 heteroatoms. The number of aryl methyl sites for hydroxylation is 1. The molecule has 0 bridgehead atoms. The van der Waals surface area contributed by atoms with Gasteiger partial charge in [0.05, 0.1) is 5.56 Å². The predicted octanol–water partition coefficient (Wildman–Crippen LogP) is 4.56. The van der Waals surface area contributed by atoms with Crippen molar-refractivity contribution in [1.29, 1.82) is 0 Å². The summed E-state index contributed by atoms with van der Waals surface area (Å²) < 4.78 is 49.8. The van der Waals surface area contributed by atoms with E-state index >= 15 is 0 Å². The van der Waals surface area contributed by atoms with Gasteiger partial charge in [-0.3, -0.25) is 4.79 Å². The van der Waals surface area contributed by atoms with Gasteiger partial charge in [0.1, 0.15) is 18.1 Å². The summed E-state index contributed by atoms with van der Waals surface area (Å²) in [4.78, 5) is 10.7. The zero-order valence-electron chi connectivity index (χ0n) is 13.3. The van der Waals surface area contributed by atoms with Crippen LogP contribution < -0.4 is 9.47 Å². The Bertz CT molecular complexity index is 711. The van der Waals surface area contributed by atoms with Crippen molar-refractivity contribution in [3.8, 4) is 11.5 Å². The largest absolute Gasteiger partial charge is 0.489 e. The lowest BCUT2D eigenvalue weighted by atomic mass is 10.1. The summed E-state index contributed by atoms with van der Waals surface area (Å²) >= 11 is 0. The quantitative estimate of drug-likeness (QED) is 0.725. The highest BCUT2D eigenvalue weighted by molar-refractivity contribution is 5.56. The van der Waals surface area contributed by atoms with Crippen LogP contribution in [-0.4, -0.2) is 12.4 Å². The van der Waals surface area contributed by atoms with Gasteiger partial charge in [-0.15, -0.1) is 0 Å². The number of benzene rings is 2. The molecule has 2 aromatic rings. The summed E-state index contributed by atoms with van der Waals surface area (Å²) in [5.74, 6) is 0.800. The Hall–Kier alpha value is -2.50. The third-order valence-corrected chi connectivity index (χ3v) is 3.26. The number of carbonyl (C=O) groups excluding carboxylic acids is 1. The number of rotatable bonds is 6. The Kier molecular flexibility index (Phi) is 5.49. The molecule has 24 heavy (non-hydrogen) atoms. The molecule has 0 heterocycles. The molecule has 0 amide bonds. The topological polar surface area (TPSA) is 35.5 Å². The van der Waals surface area contributed by atoms with Gasteiger partial charge < -0.3 is 9.47 Å². The van der Waals surface area contributed by atoms with E-state index in [-0.39, 0.29) is 12.2 Å². The molecule has 128 valence electrons. The maximum atomic E-state index is 13.0. The summed E-state index contributed by atoms with van der Waals surface area (Å²) in [6.45, 7) is 3.17. The Morgan fingerprint density at radius 3 is 2.46 bits per heavy atom. The van der Waals surface area contributed by atoms with E-state index in [1.165, 1.54) is 18.2 Å². The van der Waals surface area contributed by atoms with Crippen LogP contribution in [0.25, 0.3) is 0 Å². The lowest BCUT2D eigenvalue weighted by Crippen LogP contribution is -2.13. The van der Waals surface area contributed by atoms with Crippen LogP contribution in [-0.2, 0) is 17.6 Å². The second-order valence-electron chi connectivity index (χ2n) is 5.38. The van der Waals surface area contributed by atoms with Crippen molar-refractivity contribution in [2.45, 2.75) is 32.7 Å². The number of carbonyl (C=O) groups is 1. The molecule has 0 spiro atoms. The third-order valence-electron chi connectivity index (χ3n) is 3.26. The van der Waals surface area contributed by atoms with Crippen LogP contribution in [0.4, 0.5) is 13.2 Å². The van der Waals surface area contributed by atoms with Gasteiger partial charge in [-0.25, -0.2) is 0 Å². The van der Waals surface area contributed by atoms with Crippen LogP contribution in [0, 0.1) is 6.92 Å². The van der Waals surface area contributed by atoms with E-state index < -0.39 is 17.8 Å². The van der Waals surface area contributed by atoms with E-state index in [9.17, 15) is 18.0 Å². The van der Waals surface area contributed by atoms with Crippen molar-refractivity contribution in [3.63, 3.8) is 0 Å². The highest BCUT2D eigenvalue weighted by atomic mass is 19.4. The zero-order chi connectivity index (χ0) is 17.7. The van der Waals surface area contributed by atoms with Crippen molar-refractivity contribution in [2.24, 2.45) is 0 Å². The fourth-order valence-corrected chi connectivity index (χ4v) is 2.19. The first-order valence-corrected chi connectivity index (χ1v) is 7.31. The molecule has 0 aromatic heterocycles. The molecule has 0 aliphatic heterocycles. The standard InChI is InChI=1S/C18H17F3O3/c1-12-7-15(9-16(8-12)24-13(2)10-22)23-11-14-5-3-4-6-17(14)18(19,20)21/h3-10,13H,11H2,1-2H3. The van der Waals surface area contributed by atoms with Crippen LogP contribution in [0.15, 0.2) is 42.5 Å². The van der Waals surface area contributed by atoms with Gasteiger partial charge in [-0.05, 0) is 37.6 Å². The van der Waals surface area contributed by atoms with Gasteiger partial charge >= 0.3 is 6.18 Å². The Morgan fingerprint density at radius 1 is 1.12 bits per heavy atom. The van der Waals surface area contributed by atoms with Crippen molar-refractivity contribution >= 4 is 6.29 Å². The van der Waals surface area contributed by atoms with Crippen molar-refractivity contribution in [1.82, 2.24) is 0 Å². The molecule has 0 aliphatic carbocycles. The van der Waals surface area contributed by atoms with Gasteiger partial charge in [0, 0.05) is 11.6 Å². The minimum Gasteiger partial charge on any atom is -0.489 e. The average molecular weight is 338 g/mol. The molecule has 2 aromatic carbocycles. The van der Waals surface area contributed by atoms with Gasteiger partial charge in [0.25, 0.3) is 0 Å². The summed E-state index contributed by atoms with van der Waals surface area (Å²) in [6.07, 6.45) is -4.39. The van der Waals surface area contributed by atoms with E-state index in [0.717, 1.165) is 11.6 Å². The van der Waals surface area contributed by atoms with E-state index in [1.807, 2.05) is 0 Å². The molecule has 3 nitrogen and oxygen atoms in total. The maximum Gasteiger partial charge on any atom is 0.416 e. The average Bonchev–Trinajstić information content (AvgIpc) is 2.51. The molecule has 2 rings (SSSR count). The van der Waals surface area contributed by atoms with Gasteiger partial charge in [0.15, 0.2) is 12.4 Å². The minimum atomic E-state index is -4.43. The molecule has 1 unspecified atom stereocenters. The second kappa shape index (κ2) is 7.38. The van der Waals surface area contributed by atoms with Gasteiger partial charge in [-0.2, -0.15) is 13.2 Å². The van der Waals surface area contributed by atoms with Crippen molar-refractivity contribution < 1.29 is 27.4 Å². The number of hydrogen-bond donors (Lipinski definition) is 0. The summed E-state index contributed by atoms with van der Waals surface area (Å²) in [7, 11) is 0. The highest BCUT2D eigenvalue weighted by Crippen LogP contribution is 2.32. The maximum absolute atomic E-state index is 13.0. The Balaban J connectivity index is 2.17. The number of ether oxygens (including phenoxy) is 2. The number of alkyl halides is 3. The molecular weight excluding hydrogens is 321 g/mol. The van der Waals surface area contributed by atoms with E-state index in [4.69, 9.17) is 9.47 Å². The van der Waals surface area contributed by atoms with Crippen LogP contribution in [0.5, 0.6) is 11.5 Å². The lowest BCUT2D eigenvalue weighted by molar-refractivity contribution is -0.138. The van der Waals surface area contributed by atoms with Gasteiger partial charge in [0.2, 0.25) is 0 Å². The van der Waals surface area contributed by atoms with E-state index in [0.29, 0.717) is 17.8 Å². The number of halogens is 3. The molecule has 0 fully saturated rings.